The number of benzene rings is 1. The minimum Gasteiger partial charge on any atom is -0.292 e. The molecule has 0 bridgehead atoms. The lowest BCUT2D eigenvalue weighted by molar-refractivity contribution is -0.117. The van der Waals surface area contributed by atoms with Crippen LogP contribution in [0.15, 0.2) is 42.6 Å². The molecule has 0 spiro atoms. The van der Waals surface area contributed by atoms with E-state index >= 15 is 0 Å². The van der Waals surface area contributed by atoms with E-state index in [-0.39, 0.29) is 11.8 Å². The Balaban J connectivity index is 2.06. The van der Waals surface area contributed by atoms with Gasteiger partial charge >= 0.3 is 0 Å². The second-order valence-corrected chi connectivity index (χ2v) is 4.84. The van der Waals surface area contributed by atoms with Crippen LogP contribution in [-0.4, -0.2) is 15.6 Å². The average molecular weight is 275 g/mol. The van der Waals surface area contributed by atoms with E-state index in [9.17, 15) is 4.79 Å². The van der Waals surface area contributed by atoms with Crippen LogP contribution in [0.2, 0.25) is 5.02 Å². The number of carbonyl (C=O) groups is 1. The highest BCUT2D eigenvalue weighted by molar-refractivity contribution is 6.30. The number of ketones is 1. The molecule has 98 valence electrons. The maximum Gasteiger partial charge on any atom is 0.179 e. The van der Waals surface area contributed by atoms with E-state index < -0.39 is 0 Å². The van der Waals surface area contributed by atoms with Crippen LogP contribution in [-0.2, 0) is 4.79 Å². The predicted molar refractivity (Wildman–Crippen MR) is 77.2 cm³/mol. The zero-order valence-electron chi connectivity index (χ0n) is 10.9. The quantitative estimate of drug-likeness (QED) is 0.797. The number of halogens is 1. The van der Waals surface area contributed by atoms with Crippen molar-refractivity contribution < 1.29 is 4.79 Å². The molecule has 0 saturated heterocycles. The third kappa shape index (κ3) is 3.55. The van der Waals surface area contributed by atoms with Crippen molar-refractivity contribution in [3.63, 3.8) is 0 Å². The highest BCUT2D eigenvalue weighted by Crippen LogP contribution is 2.12. The zero-order valence-corrected chi connectivity index (χ0v) is 11.6. The third-order valence-electron chi connectivity index (χ3n) is 2.86. The molecule has 0 aliphatic carbocycles. The van der Waals surface area contributed by atoms with Gasteiger partial charge in [-0.15, -0.1) is 0 Å². The molecule has 2 rings (SSSR count). The van der Waals surface area contributed by atoms with E-state index in [1.807, 2.05) is 38.2 Å². The zero-order chi connectivity index (χ0) is 13.8. The summed E-state index contributed by atoms with van der Waals surface area (Å²) in [6, 6.07) is 8.92. The molecule has 1 unspecified atom stereocenters. The summed E-state index contributed by atoms with van der Waals surface area (Å²) in [5.74, 6) is 0.0121. The number of hydrogen-bond donors (Lipinski definition) is 0. The first-order valence-corrected chi connectivity index (χ1v) is 6.43. The van der Waals surface area contributed by atoms with Crippen LogP contribution in [0.5, 0.6) is 0 Å². The second-order valence-electron chi connectivity index (χ2n) is 4.40. The molecule has 1 aromatic carbocycles. The Morgan fingerprint density at radius 1 is 1.32 bits per heavy atom. The van der Waals surface area contributed by atoms with Crippen LogP contribution >= 0.6 is 11.6 Å². The number of hydrogen-bond acceptors (Lipinski definition) is 2. The molecule has 4 heteroatoms. The van der Waals surface area contributed by atoms with Gasteiger partial charge in [0.15, 0.2) is 5.78 Å². The van der Waals surface area contributed by atoms with Gasteiger partial charge in [-0.1, -0.05) is 29.8 Å². The normalized spacial score (nSPS) is 12.8. The van der Waals surface area contributed by atoms with Crippen molar-refractivity contribution in [1.82, 2.24) is 9.78 Å². The van der Waals surface area contributed by atoms with Gasteiger partial charge in [0.2, 0.25) is 0 Å². The Hall–Kier alpha value is -1.87. The molecule has 1 aromatic heterocycles. The van der Waals surface area contributed by atoms with E-state index in [0.717, 1.165) is 11.3 Å². The van der Waals surface area contributed by atoms with Crippen molar-refractivity contribution in [2.24, 2.45) is 0 Å². The fourth-order valence-corrected chi connectivity index (χ4v) is 1.80. The van der Waals surface area contributed by atoms with Crippen molar-refractivity contribution in [2.45, 2.75) is 19.9 Å². The van der Waals surface area contributed by atoms with Gasteiger partial charge in [-0.25, -0.2) is 0 Å². The van der Waals surface area contributed by atoms with Gasteiger partial charge in [-0.05, 0) is 43.7 Å². The van der Waals surface area contributed by atoms with Crippen molar-refractivity contribution >= 4 is 23.5 Å². The fraction of sp³-hybridized carbons (Fsp3) is 0.200. The standard InChI is InChI=1S/C15H15ClN2O/c1-11-9-10-18(17-11)12(2)15(19)8-5-13-3-6-14(16)7-4-13/h3-10,12H,1-2H3/b8-5+. The number of nitrogens with zero attached hydrogens (tertiary/aromatic N) is 2. The minimum absolute atomic E-state index is 0.0121. The predicted octanol–water partition coefficient (Wildman–Crippen LogP) is 3.69. The van der Waals surface area contributed by atoms with E-state index in [4.69, 9.17) is 11.6 Å². The number of allylic oxidation sites excluding steroid dienone is 1. The van der Waals surface area contributed by atoms with E-state index in [1.165, 1.54) is 0 Å². The molecule has 0 aliphatic heterocycles. The summed E-state index contributed by atoms with van der Waals surface area (Å²) in [5, 5.41) is 4.93. The molecule has 19 heavy (non-hydrogen) atoms. The van der Waals surface area contributed by atoms with Crippen LogP contribution in [0.25, 0.3) is 6.08 Å². The Morgan fingerprint density at radius 3 is 2.58 bits per heavy atom. The number of rotatable bonds is 4. The highest BCUT2D eigenvalue weighted by Gasteiger charge is 2.12. The Bertz CT molecular complexity index is 599. The summed E-state index contributed by atoms with van der Waals surface area (Å²) in [6.45, 7) is 3.73. The number of aromatic nitrogens is 2. The summed E-state index contributed by atoms with van der Waals surface area (Å²) >= 11 is 5.80. The van der Waals surface area contributed by atoms with E-state index in [0.29, 0.717) is 5.02 Å². The summed E-state index contributed by atoms with van der Waals surface area (Å²) in [6.07, 6.45) is 5.17. The van der Waals surface area contributed by atoms with Gasteiger partial charge in [0.05, 0.1) is 5.69 Å². The van der Waals surface area contributed by atoms with Crippen molar-refractivity contribution in [3.8, 4) is 0 Å². The number of carbonyl (C=O) groups excluding carboxylic acids is 1. The second kappa shape index (κ2) is 5.85. The third-order valence-corrected chi connectivity index (χ3v) is 3.11. The SMILES string of the molecule is Cc1ccn(C(C)C(=O)/C=C/c2ccc(Cl)cc2)n1. The minimum atomic E-state index is -0.294. The molecule has 0 radical (unpaired) electrons. The maximum atomic E-state index is 12.0. The largest absolute Gasteiger partial charge is 0.292 e. The maximum absolute atomic E-state index is 12.0. The molecule has 1 atom stereocenters. The summed E-state index contributed by atoms with van der Waals surface area (Å²) in [7, 11) is 0. The average Bonchev–Trinajstić information content (AvgIpc) is 2.83. The van der Waals surface area contributed by atoms with Gasteiger partial charge in [-0.3, -0.25) is 9.48 Å². The summed E-state index contributed by atoms with van der Waals surface area (Å²) < 4.78 is 1.67. The van der Waals surface area contributed by atoms with Gasteiger partial charge in [-0.2, -0.15) is 5.10 Å². The summed E-state index contributed by atoms with van der Waals surface area (Å²) in [4.78, 5) is 12.0. The molecule has 0 aliphatic rings. The molecule has 0 amide bonds. The molecular weight excluding hydrogens is 260 g/mol. The van der Waals surface area contributed by atoms with Gasteiger partial charge in [0.1, 0.15) is 6.04 Å². The summed E-state index contributed by atoms with van der Waals surface area (Å²) in [5.41, 5.74) is 1.85. The lowest BCUT2D eigenvalue weighted by Gasteiger charge is -2.07. The lowest BCUT2D eigenvalue weighted by atomic mass is 10.1. The van der Waals surface area contributed by atoms with Gasteiger partial charge < -0.3 is 0 Å². The first-order valence-electron chi connectivity index (χ1n) is 6.05. The molecule has 2 aromatic rings. The number of aryl methyl sites for hydroxylation is 1. The topological polar surface area (TPSA) is 34.9 Å². The molecule has 3 nitrogen and oxygen atoms in total. The van der Waals surface area contributed by atoms with Crippen LogP contribution in [0.1, 0.15) is 24.2 Å². The smallest absolute Gasteiger partial charge is 0.179 e. The fourth-order valence-electron chi connectivity index (χ4n) is 1.67. The molecule has 1 heterocycles. The monoisotopic (exact) mass is 274 g/mol. The molecule has 0 saturated carbocycles. The van der Waals surface area contributed by atoms with Crippen molar-refractivity contribution in [2.75, 3.05) is 0 Å². The van der Waals surface area contributed by atoms with Crippen LogP contribution in [0, 0.1) is 6.92 Å². The Kier molecular flexibility index (Phi) is 4.17. The Labute approximate surface area is 117 Å². The lowest BCUT2D eigenvalue weighted by Crippen LogP contribution is -2.14. The van der Waals surface area contributed by atoms with Crippen molar-refractivity contribution in [1.29, 1.82) is 0 Å². The van der Waals surface area contributed by atoms with Gasteiger partial charge in [0.25, 0.3) is 0 Å². The highest BCUT2D eigenvalue weighted by atomic mass is 35.5. The van der Waals surface area contributed by atoms with Gasteiger partial charge in [0, 0.05) is 11.2 Å². The van der Waals surface area contributed by atoms with E-state index in [1.54, 1.807) is 29.0 Å². The van der Waals surface area contributed by atoms with E-state index in [2.05, 4.69) is 5.10 Å². The Morgan fingerprint density at radius 2 is 2.00 bits per heavy atom. The van der Waals surface area contributed by atoms with Crippen LogP contribution in [0.3, 0.4) is 0 Å². The first kappa shape index (κ1) is 13.6. The van der Waals surface area contributed by atoms with Crippen LogP contribution in [0.4, 0.5) is 0 Å². The van der Waals surface area contributed by atoms with Crippen LogP contribution < -0.4 is 0 Å². The van der Waals surface area contributed by atoms with Crippen molar-refractivity contribution in [3.05, 3.63) is 58.9 Å². The molecule has 0 N–H and O–H groups in total. The molecule has 0 fully saturated rings. The first-order chi connectivity index (χ1) is 9.06. The molecular formula is C15H15ClN2O.